The van der Waals surface area contributed by atoms with Crippen molar-refractivity contribution in [1.29, 1.82) is 0 Å². The van der Waals surface area contributed by atoms with Gasteiger partial charge in [0.1, 0.15) is 17.4 Å². The van der Waals surface area contributed by atoms with Gasteiger partial charge in [0.2, 0.25) is 0 Å². The number of benzene rings is 1. The first-order valence-corrected chi connectivity index (χ1v) is 14.6. The van der Waals surface area contributed by atoms with Gasteiger partial charge in [-0.15, -0.1) is 0 Å². The quantitative estimate of drug-likeness (QED) is 0.151. The summed E-state index contributed by atoms with van der Waals surface area (Å²) in [5, 5.41) is 49.5. The summed E-state index contributed by atoms with van der Waals surface area (Å²) in [7, 11) is 0. The monoisotopic (exact) mass is 626 g/mol. The predicted octanol–water partition coefficient (Wildman–Crippen LogP) is 2.04. The van der Waals surface area contributed by atoms with Gasteiger partial charge in [0.05, 0.1) is 24.2 Å². The van der Waals surface area contributed by atoms with Gasteiger partial charge in [-0.3, -0.25) is 9.59 Å². The van der Waals surface area contributed by atoms with Crippen LogP contribution >= 0.6 is 0 Å². The molecule has 0 bridgehead atoms. The Hall–Kier alpha value is -2.54. The first-order valence-electron chi connectivity index (χ1n) is 14.6. The van der Waals surface area contributed by atoms with E-state index in [1.165, 1.54) is 19.1 Å². The average Bonchev–Trinajstić information content (AvgIpc) is 2.91. The number of ether oxygens (including phenoxy) is 2. The normalized spacial score (nSPS) is 24.1. The summed E-state index contributed by atoms with van der Waals surface area (Å²) in [5.41, 5.74) is 0.933. The molecule has 11 nitrogen and oxygen atoms in total. The van der Waals surface area contributed by atoms with E-state index in [4.69, 9.17) is 9.84 Å². The van der Waals surface area contributed by atoms with E-state index in [9.17, 15) is 39.6 Å². The van der Waals surface area contributed by atoms with Crippen molar-refractivity contribution >= 4 is 53.4 Å². The molecule has 239 valence electrons. The molecule has 2 aliphatic carbocycles. The zero-order chi connectivity index (χ0) is 32.3. The third kappa shape index (κ3) is 12.5. The van der Waals surface area contributed by atoms with Crippen LogP contribution in [0.5, 0.6) is 5.75 Å². The molecule has 1 aromatic rings. The van der Waals surface area contributed by atoms with E-state index >= 15 is 0 Å². The van der Waals surface area contributed by atoms with Gasteiger partial charge in [0.25, 0.3) is 0 Å². The van der Waals surface area contributed by atoms with Crippen LogP contribution in [-0.2, 0) is 19.1 Å². The van der Waals surface area contributed by atoms with Gasteiger partial charge in [0, 0.05) is 61.2 Å². The minimum atomic E-state index is -1.35. The average molecular weight is 627 g/mol. The van der Waals surface area contributed by atoms with Gasteiger partial charge in [-0.2, -0.15) is 0 Å². The molecule has 0 fully saturated rings. The largest absolute Gasteiger partial charge is 0.550 e. The van der Waals surface area contributed by atoms with Crippen molar-refractivity contribution in [3.8, 4) is 5.75 Å². The molecule has 4 N–H and O–H groups in total. The Morgan fingerprint density at radius 2 is 1.77 bits per heavy atom. The number of hydrogen-bond donors (Lipinski definition) is 4. The van der Waals surface area contributed by atoms with Gasteiger partial charge >= 0.3 is 17.9 Å². The van der Waals surface area contributed by atoms with Crippen molar-refractivity contribution in [3.63, 3.8) is 0 Å². The Morgan fingerprint density at radius 3 is 2.36 bits per heavy atom. The number of carbonyl (C=O) groups excluding carboxylic acids is 3. The molecule has 3 rings (SSSR count). The first-order chi connectivity index (χ1) is 20.2. The number of aromatic carboxylic acids is 1. The topological polar surface area (TPSA) is 191 Å². The summed E-state index contributed by atoms with van der Waals surface area (Å²) in [6, 6.07) is 5.98. The summed E-state index contributed by atoms with van der Waals surface area (Å²) in [6.45, 7) is 7.05. The van der Waals surface area contributed by atoms with E-state index in [0.717, 1.165) is 5.57 Å². The fourth-order valence-corrected chi connectivity index (χ4v) is 5.40. The number of carboxylic acid groups (broad SMARTS) is 2. The van der Waals surface area contributed by atoms with Crippen molar-refractivity contribution in [1.82, 2.24) is 0 Å². The minimum Gasteiger partial charge on any atom is -0.550 e. The second-order valence-corrected chi connectivity index (χ2v) is 11.3. The Balaban J connectivity index is 0.000000579. The van der Waals surface area contributed by atoms with Crippen LogP contribution in [0.15, 0.2) is 48.1 Å². The van der Waals surface area contributed by atoms with Crippen molar-refractivity contribution in [2.75, 3.05) is 0 Å². The molecule has 44 heavy (non-hydrogen) atoms. The molecular formula is C32H43NaO11-. The summed E-state index contributed by atoms with van der Waals surface area (Å²) in [4.78, 5) is 44.2. The van der Waals surface area contributed by atoms with Crippen molar-refractivity contribution in [2.45, 2.75) is 90.6 Å². The standard InChI is InChI=1S/C23H36O7.C9H8O4.Na/c1-4-13(2)23(29)30-20-11-17(25)9-15-6-5-14(3)19(22(15)20)8-7-16(24)10-18(26)12-21(27)28;1-6(10)13-8-5-3-2-4-7(8)9(11)12;/h5-6,9,13-14,16-20,22,24-26H,4,7-8,10-12H2,1-3H3,(H,27,28);2-5H,1H3,(H,11,12);/p-1/t13-,14-,16+,17+,18+,19-,20-,22-;;/m0../s1. The Labute approximate surface area is 280 Å². The van der Waals surface area contributed by atoms with Gasteiger partial charge in [-0.25, -0.2) is 4.79 Å². The number of hydrogen-bond acceptors (Lipinski definition) is 10. The molecule has 0 heterocycles. The molecule has 1 radical (unpaired) electrons. The summed E-state index contributed by atoms with van der Waals surface area (Å²) < 4.78 is 10.5. The molecule has 0 aromatic heterocycles. The van der Waals surface area contributed by atoms with Crippen LogP contribution < -0.4 is 9.84 Å². The minimum absolute atomic E-state index is 0. The van der Waals surface area contributed by atoms with E-state index in [1.54, 1.807) is 12.1 Å². The van der Waals surface area contributed by atoms with E-state index in [0.29, 0.717) is 25.7 Å². The van der Waals surface area contributed by atoms with Crippen LogP contribution in [0.4, 0.5) is 0 Å². The Bertz CT molecular complexity index is 1180. The van der Waals surface area contributed by atoms with Crippen LogP contribution in [-0.4, -0.2) is 98.3 Å². The van der Waals surface area contributed by atoms with Crippen molar-refractivity contribution < 1.29 is 54.2 Å². The number of carboxylic acids is 2. The smallest absolute Gasteiger partial charge is 0.339 e. The number of para-hydroxylation sites is 1. The fraction of sp³-hybridized carbons (Fsp3) is 0.562. The maximum Gasteiger partial charge on any atom is 0.339 e. The Kier molecular flexibility index (Phi) is 17.1. The first kappa shape index (κ1) is 39.5. The molecule has 0 spiro atoms. The predicted molar refractivity (Wildman–Crippen MR) is 159 cm³/mol. The van der Waals surface area contributed by atoms with Crippen LogP contribution in [0.1, 0.15) is 76.6 Å². The number of aliphatic hydroxyl groups is 3. The number of allylic oxidation sites excluding steroid dienone is 2. The van der Waals surface area contributed by atoms with Crippen LogP contribution in [0.25, 0.3) is 0 Å². The molecule has 0 saturated carbocycles. The van der Waals surface area contributed by atoms with Gasteiger partial charge in [0.15, 0.2) is 0 Å². The molecular weight excluding hydrogens is 583 g/mol. The van der Waals surface area contributed by atoms with Gasteiger partial charge < -0.3 is 39.8 Å². The number of rotatable bonds is 12. The zero-order valence-corrected chi connectivity index (χ0v) is 28.0. The van der Waals surface area contributed by atoms with E-state index < -0.39 is 48.7 Å². The van der Waals surface area contributed by atoms with Crippen LogP contribution in [0.3, 0.4) is 0 Å². The number of aliphatic hydroxyl groups excluding tert-OH is 3. The van der Waals surface area contributed by atoms with Crippen LogP contribution in [0.2, 0.25) is 0 Å². The molecule has 0 aliphatic heterocycles. The second-order valence-electron chi connectivity index (χ2n) is 11.3. The number of aliphatic carboxylic acids is 1. The maximum atomic E-state index is 12.4. The number of fused-ring (bicyclic) bond motifs is 1. The maximum absolute atomic E-state index is 12.4. The van der Waals surface area contributed by atoms with E-state index in [1.807, 2.05) is 26.0 Å². The van der Waals surface area contributed by atoms with Gasteiger partial charge in [-0.05, 0) is 55.2 Å². The summed E-state index contributed by atoms with van der Waals surface area (Å²) >= 11 is 0. The number of carbonyl (C=O) groups is 4. The number of esters is 2. The molecule has 8 atom stereocenters. The van der Waals surface area contributed by atoms with Crippen molar-refractivity contribution in [2.24, 2.45) is 23.7 Å². The molecule has 0 amide bonds. The van der Waals surface area contributed by atoms with E-state index in [-0.39, 0.29) is 76.9 Å². The van der Waals surface area contributed by atoms with Crippen molar-refractivity contribution in [3.05, 3.63) is 53.6 Å². The molecule has 12 heteroatoms. The van der Waals surface area contributed by atoms with Crippen LogP contribution in [0, 0.1) is 23.7 Å². The third-order valence-corrected chi connectivity index (χ3v) is 7.81. The van der Waals surface area contributed by atoms with Gasteiger partial charge in [-0.1, -0.05) is 51.1 Å². The third-order valence-electron chi connectivity index (χ3n) is 7.81. The fourth-order valence-electron chi connectivity index (χ4n) is 5.40. The Morgan fingerprint density at radius 1 is 1.11 bits per heavy atom. The molecule has 1 aromatic carbocycles. The SMILES string of the molecule is CC(=O)Oc1ccccc1C(=O)O.CC[C@H](C)C(=O)O[C@H]1C[C@H](O)C=C2C=C[C@H](C)[C@H](CC[C@@H](O)C[C@@H](O)CC(=O)[O-])[C@H]21.[Na]. The second kappa shape index (κ2) is 19.1. The molecule has 0 unspecified atom stereocenters. The molecule has 2 aliphatic rings. The van der Waals surface area contributed by atoms with E-state index in [2.05, 4.69) is 17.7 Å². The summed E-state index contributed by atoms with van der Waals surface area (Å²) in [5.74, 6) is -3.18. The summed E-state index contributed by atoms with van der Waals surface area (Å²) in [6.07, 6.45) is 4.31. The molecule has 0 saturated heterocycles. The zero-order valence-electron chi connectivity index (χ0n) is 26.0.